The Labute approximate surface area is 70.0 Å². The summed E-state index contributed by atoms with van der Waals surface area (Å²) in [6.07, 6.45) is 6.65. The lowest BCUT2D eigenvalue weighted by molar-refractivity contribution is -0.117. The molecule has 2 rings (SSSR count). The number of aromatic nitrogens is 2. The molecule has 0 aromatic carbocycles. The topological polar surface area (TPSA) is 54.9 Å². The molecule has 4 heteroatoms. The number of carbonyl (C=O) groups excluding carboxylic acids is 1. The molecule has 0 spiro atoms. The zero-order valence-electron chi connectivity index (χ0n) is 6.53. The minimum absolute atomic E-state index is 0.0878. The molecule has 0 saturated heterocycles. The van der Waals surface area contributed by atoms with Gasteiger partial charge >= 0.3 is 0 Å². The quantitative estimate of drug-likeness (QED) is 0.702. The van der Waals surface area contributed by atoms with E-state index in [1.807, 2.05) is 0 Å². The number of rotatable bonds is 2. The van der Waals surface area contributed by atoms with E-state index in [-0.39, 0.29) is 11.8 Å². The summed E-state index contributed by atoms with van der Waals surface area (Å²) in [5.74, 6) is 0.315. The van der Waals surface area contributed by atoms with Crippen LogP contribution in [0.3, 0.4) is 0 Å². The maximum Gasteiger partial charge on any atom is 0.227 e. The number of hydrogen-bond acceptors (Lipinski definition) is 3. The van der Waals surface area contributed by atoms with Crippen molar-refractivity contribution in [2.45, 2.75) is 12.8 Å². The molecule has 1 fully saturated rings. The Morgan fingerprint density at radius 2 is 2.08 bits per heavy atom. The fourth-order valence-electron chi connectivity index (χ4n) is 0.953. The van der Waals surface area contributed by atoms with Gasteiger partial charge in [0, 0.05) is 5.92 Å². The standard InChI is InChI=1S/C8H9N3O/c12-8(6-1-2-6)11-7-3-9-5-10-4-7/h3-6H,1-2H2,(H,11,12). The van der Waals surface area contributed by atoms with Crippen LogP contribution in [0.2, 0.25) is 0 Å². The highest BCUT2D eigenvalue weighted by atomic mass is 16.2. The van der Waals surface area contributed by atoms with Crippen LogP contribution in [0.5, 0.6) is 0 Å². The van der Waals surface area contributed by atoms with Gasteiger partial charge in [0.1, 0.15) is 6.33 Å². The Balaban J connectivity index is 1.98. The normalized spacial score (nSPS) is 15.7. The van der Waals surface area contributed by atoms with Crippen molar-refractivity contribution in [3.8, 4) is 0 Å². The summed E-state index contributed by atoms with van der Waals surface area (Å²) in [5.41, 5.74) is 0.675. The fourth-order valence-corrected chi connectivity index (χ4v) is 0.953. The van der Waals surface area contributed by atoms with Crippen molar-refractivity contribution in [1.82, 2.24) is 9.97 Å². The molecule has 1 aromatic rings. The first kappa shape index (κ1) is 7.21. The van der Waals surface area contributed by atoms with E-state index in [0.29, 0.717) is 5.69 Å². The Kier molecular flexibility index (Phi) is 1.74. The minimum atomic E-state index is 0.0878. The van der Waals surface area contributed by atoms with Gasteiger partial charge in [0.05, 0.1) is 18.1 Å². The molecule has 0 atom stereocenters. The van der Waals surface area contributed by atoms with Crippen LogP contribution in [0.1, 0.15) is 12.8 Å². The van der Waals surface area contributed by atoms with Gasteiger partial charge in [0.15, 0.2) is 0 Å². The van der Waals surface area contributed by atoms with E-state index < -0.39 is 0 Å². The Hall–Kier alpha value is -1.45. The van der Waals surface area contributed by atoms with E-state index in [0.717, 1.165) is 12.8 Å². The largest absolute Gasteiger partial charge is 0.323 e. The van der Waals surface area contributed by atoms with Crippen LogP contribution in [-0.4, -0.2) is 15.9 Å². The molecule has 0 bridgehead atoms. The van der Waals surface area contributed by atoms with Crippen molar-refractivity contribution in [3.05, 3.63) is 18.7 Å². The zero-order chi connectivity index (χ0) is 8.39. The molecule has 0 unspecified atom stereocenters. The highest BCUT2D eigenvalue weighted by molar-refractivity contribution is 5.93. The summed E-state index contributed by atoms with van der Waals surface area (Å²) in [4.78, 5) is 18.8. The molecule has 0 aliphatic heterocycles. The molecule has 1 saturated carbocycles. The first-order valence-corrected chi connectivity index (χ1v) is 3.92. The van der Waals surface area contributed by atoms with Crippen LogP contribution < -0.4 is 5.32 Å². The van der Waals surface area contributed by atoms with Crippen molar-refractivity contribution < 1.29 is 4.79 Å². The van der Waals surface area contributed by atoms with Crippen LogP contribution >= 0.6 is 0 Å². The SMILES string of the molecule is O=C(Nc1cncnc1)C1CC1. The summed E-state index contributed by atoms with van der Waals surface area (Å²) in [6.45, 7) is 0. The van der Waals surface area contributed by atoms with Crippen LogP contribution in [0.25, 0.3) is 0 Å². The van der Waals surface area contributed by atoms with Crippen LogP contribution in [0.15, 0.2) is 18.7 Å². The van der Waals surface area contributed by atoms with Crippen molar-refractivity contribution in [2.75, 3.05) is 5.32 Å². The third-order valence-electron chi connectivity index (χ3n) is 1.78. The second-order valence-electron chi connectivity index (χ2n) is 2.89. The first-order valence-electron chi connectivity index (χ1n) is 3.92. The monoisotopic (exact) mass is 163 g/mol. The number of hydrogen-bond donors (Lipinski definition) is 1. The molecule has 1 aliphatic carbocycles. The van der Waals surface area contributed by atoms with Crippen LogP contribution in [0.4, 0.5) is 5.69 Å². The summed E-state index contributed by atoms with van der Waals surface area (Å²) in [5, 5.41) is 2.74. The molecule has 1 N–H and O–H groups in total. The van der Waals surface area contributed by atoms with Gasteiger partial charge in [-0.05, 0) is 12.8 Å². The van der Waals surface area contributed by atoms with Gasteiger partial charge in [0.2, 0.25) is 5.91 Å². The van der Waals surface area contributed by atoms with Crippen LogP contribution in [-0.2, 0) is 4.79 Å². The summed E-state index contributed by atoms with van der Waals surface area (Å²) in [7, 11) is 0. The molecule has 12 heavy (non-hydrogen) atoms. The molecule has 0 radical (unpaired) electrons. The number of nitrogens with one attached hydrogen (secondary N) is 1. The van der Waals surface area contributed by atoms with E-state index in [1.54, 1.807) is 12.4 Å². The van der Waals surface area contributed by atoms with Crippen molar-refractivity contribution >= 4 is 11.6 Å². The maximum atomic E-state index is 11.2. The van der Waals surface area contributed by atoms with E-state index >= 15 is 0 Å². The predicted molar refractivity (Wildman–Crippen MR) is 43.4 cm³/mol. The second kappa shape index (κ2) is 2.89. The van der Waals surface area contributed by atoms with Gasteiger partial charge in [-0.3, -0.25) is 4.79 Å². The van der Waals surface area contributed by atoms with Crippen molar-refractivity contribution in [1.29, 1.82) is 0 Å². The predicted octanol–water partition coefficient (Wildman–Crippen LogP) is 0.825. The van der Waals surface area contributed by atoms with Gasteiger partial charge < -0.3 is 5.32 Å². The molecule has 1 heterocycles. The van der Waals surface area contributed by atoms with Crippen molar-refractivity contribution in [3.63, 3.8) is 0 Å². The van der Waals surface area contributed by atoms with Gasteiger partial charge in [0.25, 0.3) is 0 Å². The number of carbonyl (C=O) groups is 1. The zero-order valence-corrected chi connectivity index (χ0v) is 6.53. The maximum absolute atomic E-state index is 11.2. The lowest BCUT2D eigenvalue weighted by atomic mass is 10.4. The third kappa shape index (κ3) is 1.58. The summed E-state index contributed by atoms with van der Waals surface area (Å²) >= 11 is 0. The molecule has 1 amide bonds. The highest BCUT2D eigenvalue weighted by Gasteiger charge is 2.29. The molecule has 1 aromatic heterocycles. The van der Waals surface area contributed by atoms with E-state index in [4.69, 9.17) is 0 Å². The first-order chi connectivity index (χ1) is 5.86. The number of nitrogens with zero attached hydrogens (tertiary/aromatic N) is 2. The van der Waals surface area contributed by atoms with Gasteiger partial charge in [-0.2, -0.15) is 0 Å². The summed E-state index contributed by atoms with van der Waals surface area (Å²) in [6, 6.07) is 0. The molecular weight excluding hydrogens is 154 g/mol. The second-order valence-corrected chi connectivity index (χ2v) is 2.89. The average molecular weight is 163 g/mol. The molecule has 4 nitrogen and oxygen atoms in total. The minimum Gasteiger partial charge on any atom is -0.323 e. The third-order valence-corrected chi connectivity index (χ3v) is 1.78. The lowest BCUT2D eigenvalue weighted by Gasteiger charge is -2.00. The van der Waals surface area contributed by atoms with E-state index in [1.165, 1.54) is 6.33 Å². The Bertz CT molecular complexity index is 282. The van der Waals surface area contributed by atoms with E-state index in [9.17, 15) is 4.79 Å². The Morgan fingerprint density at radius 3 is 2.67 bits per heavy atom. The summed E-state index contributed by atoms with van der Waals surface area (Å²) < 4.78 is 0. The lowest BCUT2D eigenvalue weighted by Crippen LogP contribution is -2.13. The van der Waals surface area contributed by atoms with Gasteiger partial charge in [-0.25, -0.2) is 9.97 Å². The number of amides is 1. The smallest absolute Gasteiger partial charge is 0.227 e. The van der Waals surface area contributed by atoms with Crippen molar-refractivity contribution in [2.24, 2.45) is 5.92 Å². The van der Waals surface area contributed by atoms with Gasteiger partial charge in [-0.1, -0.05) is 0 Å². The molecule has 62 valence electrons. The highest BCUT2D eigenvalue weighted by Crippen LogP contribution is 2.29. The van der Waals surface area contributed by atoms with Gasteiger partial charge in [-0.15, -0.1) is 0 Å². The molecular formula is C8H9N3O. The fraction of sp³-hybridized carbons (Fsp3) is 0.375. The van der Waals surface area contributed by atoms with E-state index in [2.05, 4.69) is 15.3 Å². The average Bonchev–Trinajstić information content (AvgIpc) is 2.88. The van der Waals surface area contributed by atoms with Crippen LogP contribution in [0, 0.1) is 5.92 Å². The number of anilines is 1. The Morgan fingerprint density at radius 1 is 1.42 bits per heavy atom. The molecule has 1 aliphatic rings.